The minimum atomic E-state index is -0.364. The van der Waals surface area contributed by atoms with Crippen LogP contribution in [0.15, 0.2) is 59.4 Å². The van der Waals surface area contributed by atoms with Crippen molar-refractivity contribution in [1.29, 1.82) is 0 Å². The molecule has 0 amide bonds. The number of H-pyrrole nitrogens is 1. The van der Waals surface area contributed by atoms with Crippen molar-refractivity contribution in [3.63, 3.8) is 0 Å². The van der Waals surface area contributed by atoms with Crippen molar-refractivity contribution in [1.82, 2.24) is 35.0 Å². The van der Waals surface area contributed by atoms with Gasteiger partial charge < -0.3 is 14.6 Å². The number of aromatic nitrogens is 5. The van der Waals surface area contributed by atoms with E-state index in [2.05, 4.69) is 49.4 Å². The normalized spacial score (nSPS) is 15.8. The molecular formula is C27H33N7O2. The molecular weight excluding hydrogens is 454 g/mol. The van der Waals surface area contributed by atoms with Crippen molar-refractivity contribution in [3.05, 3.63) is 81.9 Å². The van der Waals surface area contributed by atoms with Crippen LogP contribution in [0.5, 0.6) is 5.75 Å². The summed E-state index contributed by atoms with van der Waals surface area (Å²) in [7, 11) is 0. The van der Waals surface area contributed by atoms with Crippen LogP contribution in [0.25, 0.3) is 10.9 Å². The van der Waals surface area contributed by atoms with E-state index in [0.717, 1.165) is 61.4 Å². The number of ether oxygens (including phenoxy) is 1. The number of tetrazole rings is 1. The fourth-order valence-electron chi connectivity index (χ4n) is 5.00. The van der Waals surface area contributed by atoms with E-state index in [9.17, 15) is 4.79 Å². The van der Waals surface area contributed by atoms with Crippen LogP contribution in [0.2, 0.25) is 0 Å². The summed E-state index contributed by atoms with van der Waals surface area (Å²) in [4.78, 5) is 21.3. The van der Waals surface area contributed by atoms with Gasteiger partial charge in [0.25, 0.3) is 5.56 Å². The number of nitrogens with one attached hydrogen (secondary N) is 1. The third-order valence-electron chi connectivity index (χ3n) is 6.74. The number of pyridine rings is 1. The molecule has 2 aromatic heterocycles. The topological polar surface area (TPSA) is 92.2 Å². The van der Waals surface area contributed by atoms with Gasteiger partial charge >= 0.3 is 0 Å². The molecule has 0 bridgehead atoms. The highest BCUT2D eigenvalue weighted by molar-refractivity contribution is 5.80. The number of aromatic amines is 1. The number of nitrogens with zero attached hydrogens (tertiary/aromatic N) is 6. The lowest BCUT2D eigenvalue weighted by atomic mass is 10.0. The molecule has 0 spiro atoms. The summed E-state index contributed by atoms with van der Waals surface area (Å²) in [6.45, 7) is 9.94. The first-order chi connectivity index (χ1) is 17.7. The Morgan fingerprint density at radius 2 is 1.83 bits per heavy atom. The second-order valence-electron chi connectivity index (χ2n) is 9.20. The van der Waals surface area contributed by atoms with Crippen molar-refractivity contribution < 1.29 is 4.74 Å². The van der Waals surface area contributed by atoms with Gasteiger partial charge in [-0.3, -0.25) is 9.69 Å². The maximum Gasteiger partial charge on any atom is 0.253 e. The number of hydrogen-bond donors (Lipinski definition) is 1. The highest BCUT2D eigenvalue weighted by Crippen LogP contribution is 2.29. The van der Waals surface area contributed by atoms with Gasteiger partial charge in [-0.1, -0.05) is 37.3 Å². The van der Waals surface area contributed by atoms with Crippen LogP contribution in [0.3, 0.4) is 0 Å². The van der Waals surface area contributed by atoms with Crippen LogP contribution in [0.1, 0.15) is 43.3 Å². The van der Waals surface area contributed by atoms with Gasteiger partial charge in [0.2, 0.25) is 0 Å². The minimum absolute atomic E-state index is 0.123. The Hall–Kier alpha value is -3.56. The first-order valence-electron chi connectivity index (χ1n) is 12.7. The van der Waals surface area contributed by atoms with Gasteiger partial charge in [0.15, 0.2) is 5.82 Å². The average molecular weight is 488 g/mol. The summed E-state index contributed by atoms with van der Waals surface area (Å²) in [5.74, 6) is 1.45. The van der Waals surface area contributed by atoms with E-state index in [1.807, 2.05) is 54.1 Å². The second kappa shape index (κ2) is 11.0. The molecule has 0 aliphatic carbocycles. The number of fused-ring (bicyclic) bond motifs is 1. The second-order valence-corrected chi connectivity index (χ2v) is 9.20. The molecule has 9 heteroatoms. The van der Waals surface area contributed by atoms with E-state index in [0.29, 0.717) is 24.5 Å². The van der Waals surface area contributed by atoms with Gasteiger partial charge in [-0.15, -0.1) is 5.10 Å². The van der Waals surface area contributed by atoms with Crippen molar-refractivity contribution >= 4 is 10.9 Å². The Balaban J connectivity index is 1.57. The largest absolute Gasteiger partial charge is 0.494 e. The number of hydrogen-bond acceptors (Lipinski definition) is 7. The minimum Gasteiger partial charge on any atom is -0.494 e. The smallest absolute Gasteiger partial charge is 0.253 e. The van der Waals surface area contributed by atoms with E-state index in [-0.39, 0.29) is 11.6 Å². The summed E-state index contributed by atoms with van der Waals surface area (Å²) in [5.41, 5.74) is 2.40. The molecule has 3 heterocycles. The Bertz CT molecular complexity index is 1340. The third-order valence-corrected chi connectivity index (χ3v) is 6.74. The molecule has 5 rings (SSSR count). The fraction of sp³-hybridized carbons (Fsp3) is 0.407. The fourth-order valence-corrected chi connectivity index (χ4v) is 5.00. The zero-order valence-electron chi connectivity index (χ0n) is 20.9. The molecule has 9 nitrogen and oxygen atoms in total. The molecule has 36 heavy (non-hydrogen) atoms. The molecule has 0 unspecified atom stereocenters. The Kier molecular flexibility index (Phi) is 7.39. The van der Waals surface area contributed by atoms with Gasteiger partial charge in [0, 0.05) is 42.6 Å². The molecule has 188 valence electrons. The van der Waals surface area contributed by atoms with Gasteiger partial charge in [-0.05, 0) is 60.1 Å². The Morgan fingerprint density at radius 1 is 1.03 bits per heavy atom. The molecule has 2 aromatic carbocycles. The predicted molar refractivity (Wildman–Crippen MR) is 139 cm³/mol. The van der Waals surface area contributed by atoms with Crippen LogP contribution < -0.4 is 10.3 Å². The molecule has 0 saturated carbocycles. The van der Waals surface area contributed by atoms with Crippen molar-refractivity contribution in [2.75, 3.05) is 39.3 Å². The van der Waals surface area contributed by atoms with Crippen LogP contribution in [0.4, 0.5) is 0 Å². The van der Waals surface area contributed by atoms with E-state index < -0.39 is 0 Å². The molecule has 1 fully saturated rings. The van der Waals surface area contributed by atoms with E-state index in [4.69, 9.17) is 4.74 Å². The standard InChI is InChI=1S/C27H33N7O2/c1-3-12-32-13-15-33(16-14-32)25(26-29-30-31-34(26)19-20-8-6-5-7-9-20)23-18-21-17-22(36-4-2)10-11-24(21)28-27(23)35/h5-11,17-18,25H,3-4,12-16,19H2,1-2H3,(H,28,35)/t25-/m0/s1. The van der Waals surface area contributed by atoms with E-state index in [1.54, 1.807) is 0 Å². The Labute approximate surface area is 210 Å². The summed E-state index contributed by atoms with van der Waals surface area (Å²) < 4.78 is 7.53. The zero-order chi connectivity index (χ0) is 24.9. The van der Waals surface area contributed by atoms with E-state index in [1.165, 1.54) is 0 Å². The summed E-state index contributed by atoms with van der Waals surface area (Å²) in [6.07, 6.45) is 1.13. The maximum atomic E-state index is 13.5. The first kappa shape index (κ1) is 24.1. The lowest BCUT2D eigenvalue weighted by molar-refractivity contribution is 0.104. The molecule has 1 aliphatic heterocycles. The van der Waals surface area contributed by atoms with Crippen molar-refractivity contribution in [2.45, 2.75) is 32.9 Å². The first-order valence-corrected chi connectivity index (χ1v) is 12.7. The summed E-state index contributed by atoms with van der Waals surface area (Å²) in [5, 5.41) is 13.7. The zero-order valence-corrected chi connectivity index (χ0v) is 20.9. The molecule has 0 radical (unpaired) electrons. The van der Waals surface area contributed by atoms with Crippen LogP contribution in [-0.4, -0.2) is 74.3 Å². The monoisotopic (exact) mass is 487 g/mol. The average Bonchev–Trinajstić information content (AvgIpc) is 3.34. The van der Waals surface area contributed by atoms with Crippen LogP contribution in [0, 0.1) is 0 Å². The third kappa shape index (κ3) is 5.17. The molecule has 1 aliphatic rings. The van der Waals surface area contributed by atoms with Gasteiger partial charge in [-0.25, -0.2) is 4.68 Å². The van der Waals surface area contributed by atoms with Crippen molar-refractivity contribution in [2.24, 2.45) is 0 Å². The lowest BCUT2D eigenvalue weighted by Crippen LogP contribution is -2.49. The van der Waals surface area contributed by atoms with Gasteiger partial charge in [0.05, 0.1) is 13.2 Å². The number of rotatable bonds is 9. The van der Waals surface area contributed by atoms with E-state index >= 15 is 0 Å². The predicted octanol–water partition coefficient (Wildman–Crippen LogP) is 3.08. The maximum absolute atomic E-state index is 13.5. The molecule has 4 aromatic rings. The van der Waals surface area contributed by atoms with Gasteiger partial charge in [0.1, 0.15) is 11.8 Å². The van der Waals surface area contributed by atoms with Crippen molar-refractivity contribution in [3.8, 4) is 5.75 Å². The SMILES string of the molecule is CCCN1CCN([C@@H](c2cc3cc(OCC)ccc3[nH]c2=O)c2nnnn2Cc2ccccc2)CC1. The highest BCUT2D eigenvalue weighted by atomic mass is 16.5. The number of benzene rings is 2. The number of piperazine rings is 1. The molecule has 1 N–H and O–H groups in total. The Morgan fingerprint density at radius 3 is 2.58 bits per heavy atom. The summed E-state index contributed by atoms with van der Waals surface area (Å²) >= 11 is 0. The summed E-state index contributed by atoms with van der Waals surface area (Å²) in [6, 6.07) is 17.5. The quantitative estimate of drug-likeness (QED) is 0.388. The molecule has 1 saturated heterocycles. The van der Waals surface area contributed by atoms with Crippen LogP contribution in [-0.2, 0) is 6.54 Å². The molecule has 1 atom stereocenters. The lowest BCUT2D eigenvalue weighted by Gasteiger charge is -2.38. The van der Waals surface area contributed by atoms with Gasteiger partial charge in [-0.2, -0.15) is 0 Å². The highest BCUT2D eigenvalue weighted by Gasteiger charge is 2.32. The van der Waals surface area contributed by atoms with Crippen LogP contribution >= 0.6 is 0 Å².